The lowest BCUT2D eigenvalue weighted by atomic mass is 10.3. The zero-order valence-electron chi connectivity index (χ0n) is 11.0. The molecule has 2 aromatic rings. The summed E-state index contributed by atoms with van der Waals surface area (Å²) in [5, 5.41) is 6.84. The summed E-state index contributed by atoms with van der Waals surface area (Å²) >= 11 is 9.27. The molecule has 3 heterocycles. The van der Waals surface area contributed by atoms with E-state index < -0.39 is 0 Å². The largest absolute Gasteiger partial charge is 0.300 e. The molecule has 0 unspecified atom stereocenters. The SMILES string of the molecule is O=C(CN1C(=O)/C(=C/c2cccs2)SC1=S)Nc1nccs1. The number of thioether (sulfide) groups is 1. The van der Waals surface area contributed by atoms with Crippen LogP contribution in [0.15, 0.2) is 34.0 Å². The van der Waals surface area contributed by atoms with Crippen LogP contribution in [0.5, 0.6) is 0 Å². The maximum atomic E-state index is 12.3. The summed E-state index contributed by atoms with van der Waals surface area (Å²) in [6, 6.07) is 3.84. The van der Waals surface area contributed by atoms with Gasteiger partial charge in [-0.2, -0.15) is 0 Å². The Bertz CT molecular complexity index is 737. The first-order valence-corrected chi connectivity index (χ1v) is 9.10. The predicted octanol–water partition coefficient (Wildman–Crippen LogP) is 3.04. The number of rotatable bonds is 4. The molecule has 22 heavy (non-hydrogen) atoms. The number of anilines is 1. The number of carbonyl (C=O) groups is 2. The number of hydrogen-bond donors (Lipinski definition) is 1. The van der Waals surface area contributed by atoms with E-state index in [1.54, 1.807) is 29.0 Å². The minimum Gasteiger partial charge on any atom is -0.300 e. The zero-order chi connectivity index (χ0) is 15.5. The molecule has 1 fully saturated rings. The fourth-order valence-electron chi connectivity index (χ4n) is 1.73. The molecule has 0 spiro atoms. The first kappa shape index (κ1) is 15.3. The average Bonchev–Trinajstić information content (AvgIpc) is 3.20. The molecule has 9 heteroatoms. The van der Waals surface area contributed by atoms with E-state index in [0.717, 1.165) is 4.88 Å². The highest BCUT2D eigenvalue weighted by Gasteiger charge is 2.33. The molecule has 1 saturated heterocycles. The average molecular weight is 368 g/mol. The van der Waals surface area contributed by atoms with Crippen molar-refractivity contribution in [2.24, 2.45) is 0 Å². The van der Waals surface area contributed by atoms with Crippen molar-refractivity contribution in [3.63, 3.8) is 0 Å². The van der Waals surface area contributed by atoms with Crippen molar-refractivity contribution >= 4 is 74.0 Å². The van der Waals surface area contributed by atoms with E-state index in [4.69, 9.17) is 12.2 Å². The molecule has 1 aliphatic rings. The number of thiophene rings is 1. The second-order valence-electron chi connectivity index (χ2n) is 4.17. The summed E-state index contributed by atoms with van der Waals surface area (Å²) in [4.78, 5) is 31.1. The number of carbonyl (C=O) groups excluding carboxylic acids is 2. The van der Waals surface area contributed by atoms with Gasteiger partial charge in [0, 0.05) is 16.5 Å². The third-order valence-electron chi connectivity index (χ3n) is 2.67. The van der Waals surface area contributed by atoms with E-state index in [1.807, 2.05) is 17.5 Å². The molecule has 2 aromatic heterocycles. The molecule has 0 radical (unpaired) electrons. The molecular formula is C13H9N3O2S4. The highest BCUT2D eigenvalue weighted by atomic mass is 32.2. The van der Waals surface area contributed by atoms with Gasteiger partial charge in [-0.25, -0.2) is 4.98 Å². The van der Waals surface area contributed by atoms with Crippen molar-refractivity contribution in [3.8, 4) is 0 Å². The summed E-state index contributed by atoms with van der Waals surface area (Å²) in [5.74, 6) is -0.554. The second-order valence-corrected chi connectivity index (χ2v) is 7.72. The van der Waals surface area contributed by atoms with E-state index in [9.17, 15) is 9.59 Å². The highest BCUT2D eigenvalue weighted by Crippen LogP contribution is 2.33. The minimum absolute atomic E-state index is 0.105. The summed E-state index contributed by atoms with van der Waals surface area (Å²) in [6.45, 7) is -0.105. The van der Waals surface area contributed by atoms with Gasteiger partial charge < -0.3 is 5.32 Å². The molecule has 0 aromatic carbocycles. The van der Waals surface area contributed by atoms with Crippen molar-refractivity contribution in [2.75, 3.05) is 11.9 Å². The maximum absolute atomic E-state index is 12.3. The number of thiocarbonyl (C=S) groups is 1. The third kappa shape index (κ3) is 3.43. The normalized spacial score (nSPS) is 16.5. The zero-order valence-corrected chi connectivity index (χ0v) is 14.3. The molecule has 0 aliphatic carbocycles. The van der Waals surface area contributed by atoms with E-state index >= 15 is 0 Å². The van der Waals surface area contributed by atoms with Crippen LogP contribution in [0.2, 0.25) is 0 Å². The second kappa shape index (κ2) is 6.69. The number of amides is 2. The van der Waals surface area contributed by atoms with Gasteiger partial charge in [0.25, 0.3) is 5.91 Å². The van der Waals surface area contributed by atoms with Gasteiger partial charge in [0.2, 0.25) is 5.91 Å². The van der Waals surface area contributed by atoms with Gasteiger partial charge in [-0.05, 0) is 17.5 Å². The monoisotopic (exact) mass is 367 g/mol. The Morgan fingerprint density at radius 1 is 1.41 bits per heavy atom. The fourth-order valence-corrected chi connectivity index (χ4v) is 4.25. The van der Waals surface area contributed by atoms with E-state index in [0.29, 0.717) is 14.4 Å². The van der Waals surface area contributed by atoms with Crippen LogP contribution in [0, 0.1) is 0 Å². The van der Waals surface area contributed by atoms with Crippen LogP contribution in [0.4, 0.5) is 5.13 Å². The number of nitrogens with zero attached hydrogens (tertiary/aromatic N) is 2. The predicted molar refractivity (Wildman–Crippen MR) is 94.9 cm³/mol. The molecule has 5 nitrogen and oxygen atoms in total. The lowest BCUT2D eigenvalue weighted by Gasteiger charge is -2.13. The molecule has 0 bridgehead atoms. The van der Waals surface area contributed by atoms with Crippen LogP contribution >= 0.6 is 46.7 Å². The molecule has 0 saturated carbocycles. The first-order valence-electron chi connectivity index (χ1n) is 6.12. The first-order chi connectivity index (χ1) is 10.6. The van der Waals surface area contributed by atoms with Crippen LogP contribution < -0.4 is 5.32 Å². The number of nitrogens with one attached hydrogen (secondary N) is 1. The summed E-state index contributed by atoms with van der Waals surface area (Å²) in [6.07, 6.45) is 3.40. The summed E-state index contributed by atoms with van der Waals surface area (Å²) in [5.41, 5.74) is 0. The standard InChI is InChI=1S/C13H9N3O2S4/c17-10(15-12-14-3-5-21-12)7-16-11(18)9(22-13(16)19)6-8-2-1-4-20-8/h1-6H,7H2,(H,14,15,17)/b9-6-. The van der Waals surface area contributed by atoms with Crippen molar-refractivity contribution in [1.82, 2.24) is 9.88 Å². The van der Waals surface area contributed by atoms with Gasteiger partial charge in [0.05, 0.1) is 4.91 Å². The van der Waals surface area contributed by atoms with Gasteiger partial charge in [-0.1, -0.05) is 30.0 Å². The highest BCUT2D eigenvalue weighted by molar-refractivity contribution is 8.26. The molecule has 3 rings (SSSR count). The minimum atomic E-state index is -0.316. The topological polar surface area (TPSA) is 62.3 Å². The Labute approximate surface area is 144 Å². The third-order valence-corrected chi connectivity index (χ3v) is 5.56. The lowest BCUT2D eigenvalue weighted by molar-refractivity contribution is -0.126. The van der Waals surface area contributed by atoms with Crippen LogP contribution in [0.1, 0.15) is 4.88 Å². The van der Waals surface area contributed by atoms with E-state index in [1.165, 1.54) is 28.0 Å². The number of hydrogen-bond acceptors (Lipinski definition) is 7. The molecule has 1 N–H and O–H groups in total. The van der Waals surface area contributed by atoms with Crippen LogP contribution in [-0.2, 0) is 9.59 Å². The van der Waals surface area contributed by atoms with Crippen molar-refractivity contribution in [1.29, 1.82) is 0 Å². The summed E-state index contributed by atoms with van der Waals surface area (Å²) < 4.78 is 0.391. The van der Waals surface area contributed by atoms with Gasteiger partial charge in [0.1, 0.15) is 10.9 Å². The van der Waals surface area contributed by atoms with E-state index in [-0.39, 0.29) is 18.4 Å². The number of aromatic nitrogens is 1. The van der Waals surface area contributed by atoms with Crippen LogP contribution in [-0.4, -0.2) is 32.6 Å². The van der Waals surface area contributed by atoms with Gasteiger partial charge >= 0.3 is 0 Å². The Morgan fingerprint density at radius 3 is 2.95 bits per heavy atom. The van der Waals surface area contributed by atoms with E-state index in [2.05, 4.69) is 10.3 Å². The Hall–Kier alpha value is -1.55. The Morgan fingerprint density at radius 2 is 2.27 bits per heavy atom. The van der Waals surface area contributed by atoms with Crippen molar-refractivity contribution in [3.05, 3.63) is 38.9 Å². The fraction of sp³-hybridized carbons (Fsp3) is 0.0769. The molecular weight excluding hydrogens is 358 g/mol. The van der Waals surface area contributed by atoms with Crippen molar-refractivity contribution < 1.29 is 9.59 Å². The molecule has 112 valence electrons. The van der Waals surface area contributed by atoms with Gasteiger partial charge in [-0.15, -0.1) is 22.7 Å². The Kier molecular flexibility index (Phi) is 4.67. The molecule has 0 atom stereocenters. The van der Waals surface area contributed by atoms with Crippen molar-refractivity contribution in [2.45, 2.75) is 0 Å². The Balaban J connectivity index is 1.68. The smallest absolute Gasteiger partial charge is 0.266 e. The van der Waals surface area contributed by atoms with Crippen LogP contribution in [0.3, 0.4) is 0 Å². The van der Waals surface area contributed by atoms with Gasteiger partial charge in [-0.3, -0.25) is 14.5 Å². The summed E-state index contributed by atoms with van der Waals surface area (Å²) in [7, 11) is 0. The maximum Gasteiger partial charge on any atom is 0.266 e. The van der Waals surface area contributed by atoms with Gasteiger partial charge in [0.15, 0.2) is 5.13 Å². The quantitative estimate of drug-likeness (QED) is 0.665. The van der Waals surface area contributed by atoms with Crippen LogP contribution in [0.25, 0.3) is 6.08 Å². The lowest BCUT2D eigenvalue weighted by Crippen LogP contribution is -2.36. The number of thiazole rings is 1. The molecule has 2 amide bonds. The molecule has 1 aliphatic heterocycles.